The van der Waals surface area contributed by atoms with Gasteiger partial charge in [-0.15, -0.1) is 0 Å². The third-order valence-corrected chi connectivity index (χ3v) is 4.54. The molecule has 1 aromatic carbocycles. The molecular weight excluding hydrogens is 313 g/mol. The normalized spacial score (nSPS) is 16.7. The van der Waals surface area contributed by atoms with Crippen LogP contribution < -0.4 is 5.32 Å². The Bertz CT molecular complexity index is 554. The number of aliphatic carboxylic acids is 1. The quantitative estimate of drug-likeness (QED) is 0.869. The number of halogens is 2. The van der Waals surface area contributed by atoms with E-state index in [1.165, 1.54) is 0 Å². The Morgan fingerprint density at radius 1 is 1.19 bits per heavy atom. The highest BCUT2D eigenvalue weighted by molar-refractivity contribution is 6.42. The Hall–Kier alpha value is -1.26. The molecule has 2 N–H and O–H groups in total. The minimum Gasteiger partial charge on any atom is -0.481 e. The highest BCUT2D eigenvalue weighted by atomic mass is 35.5. The summed E-state index contributed by atoms with van der Waals surface area (Å²) in [5.41, 5.74) is 0.157. The Labute approximate surface area is 133 Å². The number of rotatable bonds is 5. The van der Waals surface area contributed by atoms with Crippen LogP contribution in [0.1, 0.15) is 37.7 Å². The van der Waals surface area contributed by atoms with Crippen LogP contribution in [0.2, 0.25) is 10.0 Å². The molecule has 4 nitrogen and oxygen atoms in total. The number of carboxylic acids is 1. The standard InChI is InChI=1S/C15H17Cl2NO3/c16-11-4-3-10(7-12(11)17)8-13(19)18-15(9-14(20)21)5-1-2-6-15/h3-4,7H,1-2,5-6,8-9H2,(H,18,19)(H,20,21). The maximum absolute atomic E-state index is 12.2. The SMILES string of the molecule is O=C(O)CC1(NC(=O)Cc2ccc(Cl)c(Cl)c2)CCCC1. The molecule has 0 spiro atoms. The summed E-state index contributed by atoms with van der Waals surface area (Å²) in [7, 11) is 0. The van der Waals surface area contributed by atoms with Gasteiger partial charge in [-0.2, -0.15) is 0 Å². The molecule has 0 aromatic heterocycles. The van der Waals surface area contributed by atoms with Crippen LogP contribution in [0, 0.1) is 0 Å². The average molecular weight is 330 g/mol. The van der Waals surface area contributed by atoms with Crippen molar-refractivity contribution >= 4 is 35.1 Å². The van der Waals surface area contributed by atoms with Gasteiger partial charge in [0.25, 0.3) is 0 Å². The van der Waals surface area contributed by atoms with E-state index in [1.807, 2.05) is 0 Å². The van der Waals surface area contributed by atoms with E-state index in [4.69, 9.17) is 28.3 Å². The summed E-state index contributed by atoms with van der Waals surface area (Å²) in [6.45, 7) is 0. The van der Waals surface area contributed by atoms with Crippen LogP contribution in [0.5, 0.6) is 0 Å². The number of benzene rings is 1. The molecule has 21 heavy (non-hydrogen) atoms. The Morgan fingerprint density at radius 2 is 1.86 bits per heavy atom. The lowest BCUT2D eigenvalue weighted by Gasteiger charge is -2.28. The van der Waals surface area contributed by atoms with Gasteiger partial charge in [0.2, 0.25) is 5.91 Å². The average Bonchev–Trinajstić information content (AvgIpc) is 2.80. The molecule has 0 unspecified atom stereocenters. The summed E-state index contributed by atoms with van der Waals surface area (Å²) in [5.74, 6) is -1.07. The lowest BCUT2D eigenvalue weighted by molar-refractivity contribution is -0.139. The van der Waals surface area contributed by atoms with Gasteiger partial charge in [-0.25, -0.2) is 0 Å². The van der Waals surface area contributed by atoms with Crippen LogP contribution in [-0.2, 0) is 16.0 Å². The molecule has 1 aromatic rings. The summed E-state index contributed by atoms with van der Waals surface area (Å²) in [6.07, 6.45) is 3.46. The first kappa shape index (κ1) is 16.1. The summed E-state index contributed by atoms with van der Waals surface area (Å²) in [4.78, 5) is 23.2. The number of amides is 1. The number of carbonyl (C=O) groups excluding carboxylic acids is 1. The maximum atomic E-state index is 12.2. The fraction of sp³-hybridized carbons (Fsp3) is 0.467. The first-order valence-electron chi connectivity index (χ1n) is 6.87. The zero-order valence-electron chi connectivity index (χ0n) is 11.5. The van der Waals surface area contributed by atoms with Gasteiger partial charge in [0.1, 0.15) is 0 Å². The molecular formula is C15H17Cl2NO3. The van der Waals surface area contributed by atoms with Crippen LogP contribution >= 0.6 is 23.2 Å². The van der Waals surface area contributed by atoms with Crippen molar-refractivity contribution in [2.75, 3.05) is 0 Å². The predicted octanol–water partition coefficient (Wildman–Crippen LogP) is 3.44. The second kappa shape index (κ2) is 6.67. The minimum atomic E-state index is -0.883. The van der Waals surface area contributed by atoms with Crippen LogP contribution in [0.15, 0.2) is 18.2 Å². The second-order valence-corrected chi connectivity index (χ2v) is 6.35. The van der Waals surface area contributed by atoms with Crippen molar-refractivity contribution in [1.82, 2.24) is 5.32 Å². The Morgan fingerprint density at radius 3 is 2.43 bits per heavy atom. The fourth-order valence-electron chi connectivity index (χ4n) is 2.86. The van der Waals surface area contributed by atoms with Gasteiger partial charge in [0.15, 0.2) is 0 Å². The van der Waals surface area contributed by atoms with E-state index in [1.54, 1.807) is 18.2 Å². The van der Waals surface area contributed by atoms with Gasteiger partial charge in [-0.05, 0) is 30.5 Å². The molecule has 0 radical (unpaired) electrons. The first-order chi connectivity index (χ1) is 9.90. The molecule has 1 aliphatic carbocycles. The summed E-state index contributed by atoms with van der Waals surface area (Å²) >= 11 is 11.8. The molecule has 1 saturated carbocycles. The Kier molecular flexibility index (Phi) is 5.12. The number of carbonyl (C=O) groups is 2. The minimum absolute atomic E-state index is 0.0277. The highest BCUT2D eigenvalue weighted by Crippen LogP contribution is 2.32. The molecule has 0 saturated heterocycles. The van der Waals surface area contributed by atoms with Gasteiger partial charge in [-0.1, -0.05) is 42.1 Å². The van der Waals surface area contributed by atoms with Crippen molar-refractivity contribution in [3.05, 3.63) is 33.8 Å². The molecule has 0 aliphatic heterocycles. The van der Waals surface area contributed by atoms with Crippen LogP contribution in [0.3, 0.4) is 0 Å². The number of carboxylic acid groups (broad SMARTS) is 1. The molecule has 6 heteroatoms. The highest BCUT2D eigenvalue weighted by Gasteiger charge is 2.37. The second-order valence-electron chi connectivity index (χ2n) is 5.53. The van der Waals surface area contributed by atoms with E-state index in [2.05, 4.69) is 5.32 Å². The smallest absolute Gasteiger partial charge is 0.305 e. The van der Waals surface area contributed by atoms with Gasteiger partial charge in [0.05, 0.1) is 28.4 Å². The van der Waals surface area contributed by atoms with Gasteiger partial charge in [-0.3, -0.25) is 9.59 Å². The van der Waals surface area contributed by atoms with Crippen LogP contribution in [0.25, 0.3) is 0 Å². The van der Waals surface area contributed by atoms with Crippen molar-refractivity contribution in [3.8, 4) is 0 Å². The van der Waals surface area contributed by atoms with E-state index in [9.17, 15) is 9.59 Å². The monoisotopic (exact) mass is 329 g/mol. The molecule has 1 amide bonds. The number of hydrogen-bond acceptors (Lipinski definition) is 2. The number of nitrogens with one attached hydrogen (secondary N) is 1. The van der Waals surface area contributed by atoms with E-state index in [0.29, 0.717) is 22.9 Å². The molecule has 1 fully saturated rings. The van der Waals surface area contributed by atoms with Crippen LogP contribution in [0.4, 0.5) is 0 Å². The van der Waals surface area contributed by atoms with Gasteiger partial charge in [0, 0.05) is 0 Å². The third kappa shape index (κ3) is 4.35. The fourth-order valence-corrected chi connectivity index (χ4v) is 3.18. The lowest BCUT2D eigenvalue weighted by Crippen LogP contribution is -2.48. The number of hydrogen-bond donors (Lipinski definition) is 2. The predicted molar refractivity (Wildman–Crippen MR) is 81.8 cm³/mol. The Balaban J connectivity index is 2.02. The van der Waals surface area contributed by atoms with Crippen LogP contribution in [-0.4, -0.2) is 22.5 Å². The van der Waals surface area contributed by atoms with Crippen molar-refractivity contribution in [2.45, 2.75) is 44.1 Å². The molecule has 1 aliphatic rings. The van der Waals surface area contributed by atoms with Crippen molar-refractivity contribution in [3.63, 3.8) is 0 Å². The zero-order chi connectivity index (χ0) is 15.5. The van der Waals surface area contributed by atoms with Crippen molar-refractivity contribution in [2.24, 2.45) is 0 Å². The summed E-state index contributed by atoms with van der Waals surface area (Å²) < 4.78 is 0. The van der Waals surface area contributed by atoms with Crippen molar-refractivity contribution in [1.29, 1.82) is 0 Å². The molecule has 2 rings (SSSR count). The summed E-state index contributed by atoms with van der Waals surface area (Å²) in [5, 5.41) is 12.8. The molecule has 114 valence electrons. The molecule has 0 bridgehead atoms. The van der Waals surface area contributed by atoms with E-state index >= 15 is 0 Å². The van der Waals surface area contributed by atoms with E-state index in [-0.39, 0.29) is 18.7 Å². The van der Waals surface area contributed by atoms with Crippen molar-refractivity contribution < 1.29 is 14.7 Å². The largest absolute Gasteiger partial charge is 0.481 e. The lowest BCUT2D eigenvalue weighted by atomic mass is 9.92. The van der Waals surface area contributed by atoms with E-state index in [0.717, 1.165) is 18.4 Å². The first-order valence-corrected chi connectivity index (χ1v) is 7.63. The topological polar surface area (TPSA) is 66.4 Å². The van der Waals surface area contributed by atoms with Gasteiger partial charge < -0.3 is 10.4 Å². The van der Waals surface area contributed by atoms with Gasteiger partial charge >= 0.3 is 5.97 Å². The maximum Gasteiger partial charge on any atom is 0.305 e. The zero-order valence-corrected chi connectivity index (χ0v) is 13.0. The summed E-state index contributed by atoms with van der Waals surface area (Å²) in [6, 6.07) is 5.05. The molecule has 0 atom stereocenters. The molecule has 0 heterocycles. The third-order valence-electron chi connectivity index (χ3n) is 3.80. The van der Waals surface area contributed by atoms with E-state index < -0.39 is 11.5 Å².